The van der Waals surface area contributed by atoms with Gasteiger partial charge in [0, 0.05) is 0 Å². The molecule has 0 aliphatic rings. The molecule has 1 amide bonds. The van der Waals surface area contributed by atoms with Crippen LogP contribution in [0.3, 0.4) is 0 Å². The van der Waals surface area contributed by atoms with E-state index in [1.807, 2.05) is 19.1 Å². The molecule has 0 saturated heterocycles. The number of hydrogen-bond donors (Lipinski definition) is 1. The quantitative estimate of drug-likeness (QED) is 0.595. The van der Waals surface area contributed by atoms with Crippen molar-refractivity contribution in [1.29, 1.82) is 0 Å². The van der Waals surface area contributed by atoms with Crippen molar-refractivity contribution in [2.45, 2.75) is 13.8 Å². The van der Waals surface area contributed by atoms with E-state index in [0.717, 1.165) is 5.76 Å². The Bertz CT molecular complexity index is 1050. The molecule has 8 nitrogen and oxygen atoms in total. The molecule has 4 rings (SSSR count). The van der Waals surface area contributed by atoms with E-state index in [1.165, 1.54) is 22.3 Å². The molecule has 0 spiro atoms. The van der Waals surface area contributed by atoms with Gasteiger partial charge in [-0.25, -0.2) is 19.6 Å². The van der Waals surface area contributed by atoms with Crippen LogP contribution in [0.15, 0.2) is 47.5 Å². The highest BCUT2D eigenvalue weighted by Gasteiger charge is 2.18. The van der Waals surface area contributed by atoms with Crippen LogP contribution in [-0.4, -0.2) is 30.6 Å². The minimum absolute atomic E-state index is 0.232. The monoisotopic (exact) mass is 366 g/mol. The summed E-state index contributed by atoms with van der Waals surface area (Å²) in [6, 6.07) is 7.23. The molecule has 0 aromatic carbocycles. The number of aromatic nitrogens is 5. The standard InChI is InChI=1S/C17H14N6O2S/c1-10-3-5-13(25-10)17-21-11(2)15(26-17)16(24)22-12-4-6-14(19-7-12)23-9-18-8-20-23/h3-9H,1-2H3,(H,22,24). The molecule has 4 aromatic heterocycles. The third kappa shape index (κ3) is 3.11. The van der Waals surface area contributed by atoms with Crippen LogP contribution in [0, 0.1) is 13.8 Å². The molecule has 26 heavy (non-hydrogen) atoms. The zero-order chi connectivity index (χ0) is 18.1. The van der Waals surface area contributed by atoms with E-state index in [2.05, 4.69) is 25.4 Å². The molecule has 0 saturated carbocycles. The normalized spacial score (nSPS) is 10.8. The number of carbonyl (C=O) groups is 1. The van der Waals surface area contributed by atoms with Gasteiger partial charge in [-0.1, -0.05) is 0 Å². The van der Waals surface area contributed by atoms with Gasteiger partial charge in [0.1, 0.15) is 23.3 Å². The number of nitrogens with one attached hydrogen (secondary N) is 1. The number of hydrogen-bond acceptors (Lipinski definition) is 7. The second kappa shape index (κ2) is 6.52. The van der Waals surface area contributed by atoms with Gasteiger partial charge >= 0.3 is 0 Å². The molecule has 0 atom stereocenters. The Hall–Kier alpha value is -3.33. The third-order valence-electron chi connectivity index (χ3n) is 3.61. The Morgan fingerprint density at radius 3 is 2.77 bits per heavy atom. The number of amides is 1. The fourth-order valence-electron chi connectivity index (χ4n) is 2.37. The van der Waals surface area contributed by atoms with Gasteiger partial charge in [-0.15, -0.1) is 11.3 Å². The van der Waals surface area contributed by atoms with Crippen molar-refractivity contribution >= 4 is 22.9 Å². The maximum Gasteiger partial charge on any atom is 0.267 e. The minimum atomic E-state index is -0.232. The summed E-state index contributed by atoms with van der Waals surface area (Å²) in [6.07, 6.45) is 4.56. The molecular weight excluding hydrogens is 352 g/mol. The van der Waals surface area contributed by atoms with Crippen molar-refractivity contribution in [3.8, 4) is 16.6 Å². The van der Waals surface area contributed by atoms with Crippen molar-refractivity contribution in [3.05, 3.63) is 59.4 Å². The third-order valence-corrected chi connectivity index (χ3v) is 4.78. The number of furan rings is 1. The molecule has 9 heteroatoms. The first-order chi connectivity index (χ1) is 12.6. The summed E-state index contributed by atoms with van der Waals surface area (Å²) in [4.78, 5) is 25.7. The van der Waals surface area contributed by atoms with E-state index in [1.54, 1.807) is 31.6 Å². The number of carbonyl (C=O) groups excluding carboxylic acids is 1. The van der Waals surface area contributed by atoms with E-state index in [9.17, 15) is 4.79 Å². The maximum absolute atomic E-state index is 12.6. The molecule has 0 bridgehead atoms. The Morgan fingerprint density at radius 1 is 1.23 bits per heavy atom. The van der Waals surface area contributed by atoms with Gasteiger partial charge < -0.3 is 9.73 Å². The predicted molar refractivity (Wildman–Crippen MR) is 96.4 cm³/mol. The van der Waals surface area contributed by atoms with Crippen LogP contribution in [0.5, 0.6) is 0 Å². The van der Waals surface area contributed by atoms with Gasteiger partial charge in [0.05, 0.1) is 17.6 Å². The van der Waals surface area contributed by atoms with Crippen LogP contribution in [0.25, 0.3) is 16.6 Å². The van der Waals surface area contributed by atoms with Crippen LogP contribution in [-0.2, 0) is 0 Å². The van der Waals surface area contributed by atoms with Gasteiger partial charge in [0.25, 0.3) is 5.91 Å². The Morgan fingerprint density at radius 2 is 2.12 bits per heavy atom. The number of pyridine rings is 1. The van der Waals surface area contributed by atoms with Crippen LogP contribution in [0.2, 0.25) is 0 Å². The van der Waals surface area contributed by atoms with E-state index in [-0.39, 0.29) is 5.91 Å². The van der Waals surface area contributed by atoms with Crippen LogP contribution < -0.4 is 5.32 Å². The summed E-state index contributed by atoms with van der Waals surface area (Å²) in [5.41, 5.74) is 1.24. The minimum Gasteiger partial charge on any atom is -0.459 e. The molecule has 0 unspecified atom stereocenters. The van der Waals surface area contributed by atoms with Crippen molar-refractivity contribution < 1.29 is 9.21 Å². The lowest BCUT2D eigenvalue weighted by Crippen LogP contribution is -2.12. The van der Waals surface area contributed by atoms with Crippen molar-refractivity contribution in [2.75, 3.05) is 5.32 Å². The lowest BCUT2D eigenvalue weighted by Gasteiger charge is -2.05. The summed E-state index contributed by atoms with van der Waals surface area (Å²) in [5.74, 6) is 1.85. The van der Waals surface area contributed by atoms with E-state index in [0.29, 0.717) is 32.8 Å². The fraction of sp³-hybridized carbons (Fsp3) is 0.118. The second-order valence-electron chi connectivity index (χ2n) is 5.54. The fourth-order valence-corrected chi connectivity index (χ4v) is 3.30. The lowest BCUT2D eigenvalue weighted by atomic mass is 10.3. The number of aryl methyl sites for hydroxylation is 2. The average Bonchev–Trinajstić information content (AvgIpc) is 3.36. The molecule has 0 radical (unpaired) electrons. The second-order valence-corrected chi connectivity index (χ2v) is 6.54. The zero-order valence-electron chi connectivity index (χ0n) is 14.0. The van der Waals surface area contributed by atoms with Crippen LogP contribution >= 0.6 is 11.3 Å². The molecule has 130 valence electrons. The topological polar surface area (TPSA) is 98.7 Å². The summed E-state index contributed by atoms with van der Waals surface area (Å²) in [7, 11) is 0. The highest BCUT2D eigenvalue weighted by molar-refractivity contribution is 7.17. The van der Waals surface area contributed by atoms with Gasteiger partial charge in [-0.3, -0.25) is 4.79 Å². The first kappa shape index (κ1) is 16.2. The smallest absolute Gasteiger partial charge is 0.267 e. The van der Waals surface area contributed by atoms with Gasteiger partial charge in [-0.2, -0.15) is 5.10 Å². The Labute approximate surface area is 152 Å². The first-order valence-electron chi connectivity index (χ1n) is 7.77. The first-order valence-corrected chi connectivity index (χ1v) is 8.58. The Balaban J connectivity index is 1.52. The highest BCUT2D eigenvalue weighted by atomic mass is 32.1. The molecule has 0 fully saturated rings. The van der Waals surface area contributed by atoms with Gasteiger partial charge in [0.2, 0.25) is 0 Å². The zero-order valence-corrected chi connectivity index (χ0v) is 14.8. The van der Waals surface area contributed by atoms with Crippen LogP contribution in [0.1, 0.15) is 21.1 Å². The summed E-state index contributed by atoms with van der Waals surface area (Å²) in [5, 5.41) is 7.53. The number of nitrogens with zero attached hydrogens (tertiary/aromatic N) is 5. The molecule has 0 aliphatic carbocycles. The van der Waals surface area contributed by atoms with Gasteiger partial charge in [-0.05, 0) is 38.1 Å². The van der Waals surface area contributed by atoms with E-state index >= 15 is 0 Å². The van der Waals surface area contributed by atoms with Crippen molar-refractivity contribution in [1.82, 2.24) is 24.7 Å². The van der Waals surface area contributed by atoms with E-state index < -0.39 is 0 Å². The van der Waals surface area contributed by atoms with Gasteiger partial charge in [0.15, 0.2) is 16.6 Å². The maximum atomic E-state index is 12.6. The molecule has 4 aromatic rings. The molecular formula is C17H14N6O2S. The highest BCUT2D eigenvalue weighted by Crippen LogP contribution is 2.29. The summed E-state index contributed by atoms with van der Waals surface area (Å²) >= 11 is 1.29. The van der Waals surface area contributed by atoms with Crippen molar-refractivity contribution in [3.63, 3.8) is 0 Å². The number of rotatable bonds is 4. The predicted octanol–water partition coefficient (Wildman–Crippen LogP) is 3.25. The van der Waals surface area contributed by atoms with E-state index in [4.69, 9.17) is 4.42 Å². The number of anilines is 1. The molecule has 4 heterocycles. The lowest BCUT2D eigenvalue weighted by molar-refractivity contribution is 0.103. The summed E-state index contributed by atoms with van der Waals surface area (Å²) in [6.45, 7) is 3.67. The van der Waals surface area contributed by atoms with Crippen molar-refractivity contribution in [2.24, 2.45) is 0 Å². The molecule has 1 N–H and O–H groups in total. The molecule has 0 aliphatic heterocycles. The largest absolute Gasteiger partial charge is 0.459 e. The SMILES string of the molecule is Cc1ccc(-c2nc(C)c(C(=O)Nc3ccc(-n4cncn4)nc3)s2)o1. The Kier molecular flexibility index (Phi) is 4.05. The summed E-state index contributed by atoms with van der Waals surface area (Å²) < 4.78 is 7.12. The average molecular weight is 366 g/mol. The van der Waals surface area contributed by atoms with Crippen LogP contribution in [0.4, 0.5) is 5.69 Å². The number of thiazole rings is 1.